The summed E-state index contributed by atoms with van der Waals surface area (Å²) < 4.78 is 7.70. The Kier molecular flexibility index (Phi) is 4.05. The van der Waals surface area contributed by atoms with Gasteiger partial charge in [-0.15, -0.1) is 0 Å². The van der Waals surface area contributed by atoms with Crippen molar-refractivity contribution in [2.24, 2.45) is 7.05 Å². The van der Waals surface area contributed by atoms with Gasteiger partial charge < -0.3 is 4.52 Å². The van der Waals surface area contributed by atoms with Gasteiger partial charge in [0.2, 0.25) is 0 Å². The fraction of sp³-hybridized carbons (Fsp3) is 0.400. The number of aryl methyl sites for hydroxylation is 3. The molecule has 0 aliphatic heterocycles. The zero-order chi connectivity index (χ0) is 16.4. The monoisotopic (exact) mass is 315 g/mol. The molecule has 3 aromatic rings. The Hall–Kier alpha value is -2.77. The number of nitrogens with zero attached hydrogens (tertiary/aromatic N) is 5. The number of fused-ring (bicyclic) bond motifs is 1. The highest BCUT2D eigenvalue weighted by molar-refractivity contribution is 5.67. The van der Waals surface area contributed by atoms with Gasteiger partial charge in [-0.1, -0.05) is 5.16 Å². The van der Waals surface area contributed by atoms with Crippen molar-refractivity contribution in [1.29, 1.82) is 0 Å². The molecule has 120 valence electrons. The van der Waals surface area contributed by atoms with Crippen LogP contribution in [-0.4, -0.2) is 24.3 Å². The van der Waals surface area contributed by atoms with Gasteiger partial charge in [0.05, 0.1) is 5.69 Å². The predicted octanol–water partition coefficient (Wildman–Crippen LogP) is 0.810. The maximum absolute atomic E-state index is 12.4. The summed E-state index contributed by atoms with van der Waals surface area (Å²) in [5.74, 6) is 0.812. The van der Waals surface area contributed by atoms with E-state index in [-0.39, 0.29) is 11.2 Å². The maximum Gasteiger partial charge on any atom is 0.332 e. The maximum atomic E-state index is 12.4. The molecule has 0 atom stereocenters. The molecule has 3 rings (SSSR count). The van der Waals surface area contributed by atoms with Crippen molar-refractivity contribution in [2.75, 3.05) is 0 Å². The summed E-state index contributed by atoms with van der Waals surface area (Å²) in [7, 11) is 1.59. The molecule has 0 radical (unpaired) electrons. The Morgan fingerprint density at radius 3 is 2.70 bits per heavy atom. The van der Waals surface area contributed by atoms with Crippen molar-refractivity contribution in [1.82, 2.24) is 24.3 Å². The van der Waals surface area contributed by atoms with E-state index in [1.54, 1.807) is 7.05 Å². The van der Waals surface area contributed by atoms with Crippen LogP contribution in [0.3, 0.4) is 0 Å². The van der Waals surface area contributed by atoms with Crippen molar-refractivity contribution in [2.45, 2.75) is 32.7 Å². The van der Waals surface area contributed by atoms with Gasteiger partial charge in [0, 0.05) is 38.5 Å². The molecule has 0 saturated carbocycles. The third-order valence-electron chi connectivity index (χ3n) is 3.69. The minimum atomic E-state index is -0.397. The van der Waals surface area contributed by atoms with Gasteiger partial charge in [-0.3, -0.25) is 13.9 Å². The zero-order valence-corrected chi connectivity index (χ0v) is 13.0. The third-order valence-corrected chi connectivity index (χ3v) is 3.69. The van der Waals surface area contributed by atoms with Gasteiger partial charge in [-0.2, -0.15) is 0 Å². The molecule has 0 unspecified atom stereocenters. The van der Waals surface area contributed by atoms with Gasteiger partial charge >= 0.3 is 5.69 Å². The van der Waals surface area contributed by atoms with Crippen LogP contribution in [0.1, 0.15) is 24.3 Å². The molecular weight excluding hydrogens is 298 g/mol. The summed E-state index contributed by atoms with van der Waals surface area (Å²) in [6, 6.07) is 1.89. The molecule has 23 heavy (non-hydrogen) atoms. The molecule has 8 heteroatoms. The van der Waals surface area contributed by atoms with Crippen molar-refractivity contribution in [3.8, 4) is 0 Å². The Morgan fingerprint density at radius 2 is 1.96 bits per heavy atom. The van der Waals surface area contributed by atoms with Crippen LogP contribution in [0.15, 0.2) is 32.6 Å². The first-order valence-electron chi connectivity index (χ1n) is 7.40. The first kappa shape index (κ1) is 15.1. The number of aromatic nitrogens is 5. The van der Waals surface area contributed by atoms with Crippen LogP contribution in [0.25, 0.3) is 11.2 Å². The first-order valence-corrected chi connectivity index (χ1v) is 7.40. The van der Waals surface area contributed by atoms with Crippen LogP contribution in [0.4, 0.5) is 0 Å². The number of rotatable bonds is 5. The lowest BCUT2D eigenvalue weighted by molar-refractivity contribution is 0.374. The Bertz CT molecular complexity index is 954. The second-order valence-electron chi connectivity index (χ2n) is 5.42. The zero-order valence-electron chi connectivity index (χ0n) is 13.0. The van der Waals surface area contributed by atoms with Crippen molar-refractivity contribution in [3.63, 3.8) is 0 Å². The lowest BCUT2D eigenvalue weighted by atomic mass is 10.2. The number of hydrogen-bond donors (Lipinski definition) is 0. The largest absolute Gasteiger partial charge is 0.361 e. The van der Waals surface area contributed by atoms with E-state index in [1.165, 1.54) is 21.5 Å². The molecule has 8 nitrogen and oxygen atoms in total. The Labute approximate surface area is 131 Å². The summed E-state index contributed by atoms with van der Waals surface area (Å²) >= 11 is 0. The molecular formula is C15H17N5O3. The van der Waals surface area contributed by atoms with E-state index in [9.17, 15) is 9.59 Å². The molecule has 0 N–H and O–H groups in total. The molecule has 0 aliphatic carbocycles. The Balaban J connectivity index is 1.78. The summed E-state index contributed by atoms with van der Waals surface area (Å²) in [6.07, 6.45) is 5.11. The quantitative estimate of drug-likeness (QED) is 0.646. The van der Waals surface area contributed by atoms with Crippen LogP contribution in [0, 0.1) is 6.92 Å². The highest BCUT2D eigenvalue weighted by atomic mass is 16.5. The highest BCUT2D eigenvalue weighted by Crippen LogP contribution is 2.07. The SMILES string of the molecule is Cc1cc(CCCCn2c(=O)c3nccnc3n(C)c2=O)on1. The minimum Gasteiger partial charge on any atom is -0.361 e. The predicted molar refractivity (Wildman–Crippen MR) is 83.2 cm³/mol. The molecule has 3 heterocycles. The first-order chi connectivity index (χ1) is 11.1. The van der Waals surface area contributed by atoms with Crippen LogP contribution < -0.4 is 11.2 Å². The fourth-order valence-corrected chi connectivity index (χ4v) is 2.51. The topological polar surface area (TPSA) is 95.8 Å². The van der Waals surface area contributed by atoms with E-state index >= 15 is 0 Å². The van der Waals surface area contributed by atoms with Crippen LogP contribution in [-0.2, 0) is 20.0 Å². The molecule has 0 bridgehead atoms. The molecule has 0 fully saturated rings. The summed E-state index contributed by atoms with van der Waals surface area (Å²) in [4.78, 5) is 32.8. The summed E-state index contributed by atoms with van der Waals surface area (Å²) in [5, 5.41) is 3.83. The molecule has 0 saturated heterocycles. The van der Waals surface area contributed by atoms with Crippen molar-refractivity contribution < 1.29 is 4.52 Å². The average Bonchev–Trinajstić information content (AvgIpc) is 2.97. The third kappa shape index (κ3) is 2.92. The molecule has 3 aromatic heterocycles. The van der Waals surface area contributed by atoms with Gasteiger partial charge in [-0.05, 0) is 19.8 Å². The highest BCUT2D eigenvalue weighted by Gasteiger charge is 2.12. The van der Waals surface area contributed by atoms with E-state index < -0.39 is 5.56 Å². The molecule has 0 spiro atoms. The van der Waals surface area contributed by atoms with Crippen LogP contribution >= 0.6 is 0 Å². The molecule has 0 aromatic carbocycles. The second kappa shape index (κ2) is 6.15. The standard InChI is InChI=1S/C15H17N5O3/c1-10-9-11(23-18-10)5-3-4-8-20-14(21)12-13(17-7-6-16-12)19(2)15(20)22/h6-7,9H,3-5,8H2,1-2H3. The lowest BCUT2D eigenvalue weighted by Crippen LogP contribution is -2.39. The number of unbranched alkanes of at least 4 members (excludes halogenated alkanes) is 1. The van der Waals surface area contributed by atoms with E-state index in [0.29, 0.717) is 18.6 Å². The lowest BCUT2D eigenvalue weighted by Gasteiger charge is -2.08. The van der Waals surface area contributed by atoms with Crippen molar-refractivity contribution >= 4 is 11.2 Å². The fourth-order valence-electron chi connectivity index (χ4n) is 2.51. The van der Waals surface area contributed by atoms with E-state index in [2.05, 4.69) is 15.1 Å². The molecule has 0 amide bonds. The van der Waals surface area contributed by atoms with Crippen LogP contribution in [0.2, 0.25) is 0 Å². The second-order valence-corrected chi connectivity index (χ2v) is 5.42. The number of hydrogen-bond acceptors (Lipinski definition) is 6. The van der Waals surface area contributed by atoms with E-state index in [4.69, 9.17) is 4.52 Å². The van der Waals surface area contributed by atoms with E-state index in [0.717, 1.165) is 24.3 Å². The normalized spacial score (nSPS) is 11.2. The van der Waals surface area contributed by atoms with Crippen LogP contribution in [0.5, 0.6) is 0 Å². The van der Waals surface area contributed by atoms with E-state index in [1.807, 2.05) is 13.0 Å². The smallest absolute Gasteiger partial charge is 0.332 e. The molecule has 0 aliphatic rings. The summed E-state index contributed by atoms with van der Waals surface area (Å²) in [6.45, 7) is 2.21. The summed E-state index contributed by atoms with van der Waals surface area (Å²) in [5.41, 5.74) is 0.583. The van der Waals surface area contributed by atoms with Gasteiger partial charge in [0.15, 0.2) is 11.2 Å². The van der Waals surface area contributed by atoms with Crippen molar-refractivity contribution in [3.05, 3.63) is 50.8 Å². The van der Waals surface area contributed by atoms with Gasteiger partial charge in [0.25, 0.3) is 5.56 Å². The minimum absolute atomic E-state index is 0.209. The van der Waals surface area contributed by atoms with Gasteiger partial charge in [-0.25, -0.2) is 14.8 Å². The average molecular weight is 315 g/mol. The Morgan fingerprint density at radius 1 is 1.17 bits per heavy atom. The van der Waals surface area contributed by atoms with Gasteiger partial charge in [0.1, 0.15) is 5.76 Å².